The van der Waals surface area contributed by atoms with Crippen molar-refractivity contribution in [1.82, 2.24) is 10.6 Å². The van der Waals surface area contributed by atoms with Crippen molar-refractivity contribution in [1.29, 1.82) is 0 Å². The van der Waals surface area contributed by atoms with Crippen LogP contribution in [0, 0.1) is 13.8 Å². The van der Waals surface area contributed by atoms with Gasteiger partial charge in [-0.3, -0.25) is 4.79 Å². The number of aryl methyl sites for hydroxylation is 2. The van der Waals surface area contributed by atoms with Crippen LogP contribution in [0.3, 0.4) is 0 Å². The van der Waals surface area contributed by atoms with Crippen molar-refractivity contribution in [3.8, 4) is 5.75 Å². The van der Waals surface area contributed by atoms with Gasteiger partial charge in [0.2, 0.25) is 0 Å². The lowest BCUT2D eigenvalue weighted by molar-refractivity contribution is -0.123. The van der Waals surface area contributed by atoms with Gasteiger partial charge < -0.3 is 15.4 Å². The number of halogens is 1. The van der Waals surface area contributed by atoms with Crippen LogP contribution in [0.15, 0.2) is 18.2 Å². The first-order valence-electron chi connectivity index (χ1n) is 6.85. The molecule has 1 aromatic rings. The van der Waals surface area contributed by atoms with Crippen molar-refractivity contribution in [2.45, 2.75) is 32.7 Å². The predicted octanol–water partition coefficient (Wildman–Crippen LogP) is 1.97. The lowest BCUT2D eigenvalue weighted by Gasteiger charge is -2.23. The normalized spacial score (nSPS) is 15.3. The van der Waals surface area contributed by atoms with Crippen LogP contribution in [0.25, 0.3) is 0 Å². The molecule has 1 aromatic carbocycles. The molecular formula is C15H23ClN2O2. The fourth-order valence-corrected chi connectivity index (χ4v) is 2.34. The van der Waals surface area contributed by atoms with Crippen molar-refractivity contribution in [2.75, 3.05) is 19.7 Å². The summed E-state index contributed by atoms with van der Waals surface area (Å²) in [5.74, 6) is 0.748. The number of carbonyl (C=O) groups excluding carboxylic acids is 1. The zero-order valence-electron chi connectivity index (χ0n) is 12.1. The van der Waals surface area contributed by atoms with Crippen LogP contribution in [-0.2, 0) is 4.79 Å². The first kappa shape index (κ1) is 16.8. The molecule has 0 aliphatic carbocycles. The minimum Gasteiger partial charge on any atom is -0.484 e. The second-order valence-corrected chi connectivity index (χ2v) is 5.15. The highest BCUT2D eigenvalue weighted by Crippen LogP contribution is 2.18. The van der Waals surface area contributed by atoms with Gasteiger partial charge >= 0.3 is 0 Å². The Kier molecular flexibility index (Phi) is 6.82. The first-order valence-corrected chi connectivity index (χ1v) is 6.85. The number of piperidine rings is 1. The van der Waals surface area contributed by atoms with Crippen molar-refractivity contribution >= 4 is 18.3 Å². The summed E-state index contributed by atoms with van der Waals surface area (Å²) in [7, 11) is 0. The van der Waals surface area contributed by atoms with Crippen LogP contribution in [0.5, 0.6) is 5.75 Å². The molecule has 0 saturated carbocycles. The number of ether oxygens (including phenoxy) is 1. The van der Waals surface area contributed by atoms with E-state index in [1.54, 1.807) is 0 Å². The molecule has 1 aliphatic rings. The van der Waals surface area contributed by atoms with Crippen LogP contribution >= 0.6 is 12.4 Å². The topological polar surface area (TPSA) is 50.4 Å². The summed E-state index contributed by atoms with van der Waals surface area (Å²) >= 11 is 0. The Balaban J connectivity index is 0.00000200. The Morgan fingerprint density at radius 2 is 2.05 bits per heavy atom. The van der Waals surface area contributed by atoms with Gasteiger partial charge in [0.05, 0.1) is 0 Å². The van der Waals surface area contributed by atoms with Gasteiger partial charge in [-0.15, -0.1) is 12.4 Å². The SMILES string of the molecule is Cc1ccc(OCC(=O)NC2CCNCC2)c(C)c1.Cl. The number of amides is 1. The molecule has 1 aliphatic heterocycles. The molecule has 0 atom stereocenters. The van der Waals surface area contributed by atoms with E-state index in [-0.39, 0.29) is 31.0 Å². The summed E-state index contributed by atoms with van der Waals surface area (Å²) in [6.07, 6.45) is 1.99. The van der Waals surface area contributed by atoms with E-state index in [2.05, 4.69) is 16.7 Å². The third-order valence-electron chi connectivity index (χ3n) is 3.39. The summed E-state index contributed by atoms with van der Waals surface area (Å²) in [6, 6.07) is 6.26. The fraction of sp³-hybridized carbons (Fsp3) is 0.533. The van der Waals surface area contributed by atoms with Gasteiger partial charge in [-0.05, 0) is 51.4 Å². The number of hydrogen-bond donors (Lipinski definition) is 2. The Morgan fingerprint density at radius 1 is 1.35 bits per heavy atom. The average molecular weight is 299 g/mol. The zero-order valence-corrected chi connectivity index (χ0v) is 12.9. The zero-order chi connectivity index (χ0) is 13.7. The number of hydrogen-bond acceptors (Lipinski definition) is 3. The van der Waals surface area contributed by atoms with Gasteiger partial charge in [-0.1, -0.05) is 17.7 Å². The van der Waals surface area contributed by atoms with E-state index in [4.69, 9.17) is 4.74 Å². The van der Waals surface area contributed by atoms with Crippen LogP contribution in [0.1, 0.15) is 24.0 Å². The molecule has 0 unspecified atom stereocenters. The highest BCUT2D eigenvalue weighted by atomic mass is 35.5. The molecule has 5 heteroatoms. The van der Waals surface area contributed by atoms with Gasteiger partial charge in [0.1, 0.15) is 5.75 Å². The molecule has 1 saturated heterocycles. The number of rotatable bonds is 4. The van der Waals surface area contributed by atoms with Gasteiger partial charge in [0.25, 0.3) is 5.91 Å². The second kappa shape index (κ2) is 8.12. The van der Waals surface area contributed by atoms with E-state index in [0.29, 0.717) is 0 Å². The van der Waals surface area contributed by atoms with Crippen molar-refractivity contribution in [3.63, 3.8) is 0 Å². The Bertz CT molecular complexity index is 445. The largest absolute Gasteiger partial charge is 0.484 e. The number of benzene rings is 1. The lowest BCUT2D eigenvalue weighted by Crippen LogP contribution is -2.44. The van der Waals surface area contributed by atoms with Crippen molar-refractivity contribution in [3.05, 3.63) is 29.3 Å². The van der Waals surface area contributed by atoms with Gasteiger partial charge in [0.15, 0.2) is 6.61 Å². The lowest BCUT2D eigenvalue weighted by atomic mass is 10.1. The summed E-state index contributed by atoms with van der Waals surface area (Å²) in [5, 5.41) is 6.29. The Morgan fingerprint density at radius 3 is 2.70 bits per heavy atom. The summed E-state index contributed by atoms with van der Waals surface area (Å²) in [4.78, 5) is 11.8. The quantitative estimate of drug-likeness (QED) is 0.893. The van der Waals surface area contributed by atoms with E-state index < -0.39 is 0 Å². The van der Waals surface area contributed by atoms with E-state index in [9.17, 15) is 4.79 Å². The molecule has 2 N–H and O–H groups in total. The number of nitrogens with one attached hydrogen (secondary N) is 2. The van der Waals surface area contributed by atoms with E-state index in [1.165, 1.54) is 5.56 Å². The predicted molar refractivity (Wildman–Crippen MR) is 82.7 cm³/mol. The Labute approximate surface area is 126 Å². The molecule has 112 valence electrons. The maximum absolute atomic E-state index is 11.8. The van der Waals surface area contributed by atoms with Crippen molar-refractivity contribution < 1.29 is 9.53 Å². The molecule has 1 amide bonds. The molecule has 20 heavy (non-hydrogen) atoms. The maximum Gasteiger partial charge on any atom is 0.258 e. The molecular weight excluding hydrogens is 276 g/mol. The average Bonchev–Trinajstić information content (AvgIpc) is 2.39. The van der Waals surface area contributed by atoms with E-state index in [1.807, 2.05) is 26.0 Å². The maximum atomic E-state index is 11.8. The van der Waals surface area contributed by atoms with E-state index >= 15 is 0 Å². The second-order valence-electron chi connectivity index (χ2n) is 5.15. The highest BCUT2D eigenvalue weighted by Gasteiger charge is 2.15. The third kappa shape index (κ3) is 5.02. The monoisotopic (exact) mass is 298 g/mol. The van der Waals surface area contributed by atoms with Crippen LogP contribution < -0.4 is 15.4 Å². The molecule has 4 nitrogen and oxygen atoms in total. The molecule has 0 radical (unpaired) electrons. The highest BCUT2D eigenvalue weighted by molar-refractivity contribution is 5.85. The molecule has 0 bridgehead atoms. The first-order chi connectivity index (χ1) is 9.15. The van der Waals surface area contributed by atoms with Gasteiger partial charge in [-0.2, -0.15) is 0 Å². The van der Waals surface area contributed by atoms with Crippen LogP contribution in [-0.4, -0.2) is 31.6 Å². The minimum atomic E-state index is -0.0353. The third-order valence-corrected chi connectivity index (χ3v) is 3.39. The van der Waals surface area contributed by atoms with Gasteiger partial charge in [-0.25, -0.2) is 0 Å². The van der Waals surface area contributed by atoms with Crippen LogP contribution in [0.2, 0.25) is 0 Å². The summed E-state index contributed by atoms with van der Waals surface area (Å²) < 4.78 is 5.57. The minimum absolute atomic E-state index is 0. The molecule has 2 rings (SSSR count). The summed E-state index contributed by atoms with van der Waals surface area (Å²) in [5.41, 5.74) is 2.26. The fourth-order valence-electron chi connectivity index (χ4n) is 2.34. The molecule has 1 heterocycles. The Hall–Kier alpha value is -1.26. The number of carbonyl (C=O) groups is 1. The summed E-state index contributed by atoms with van der Waals surface area (Å²) in [6.45, 7) is 6.08. The van der Waals surface area contributed by atoms with Crippen molar-refractivity contribution in [2.24, 2.45) is 0 Å². The molecule has 0 spiro atoms. The molecule has 0 aromatic heterocycles. The van der Waals surface area contributed by atoms with Gasteiger partial charge in [0, 0.05) is 6.04 Å². The smallest absolute Gasteiger partial charge is 0.258 e. The van der Waals surface area contributed by atoms with Crippen LogP contribution in [0.4, 0.5) is 0 Å². The van der Waals surface area contributed by atoms with E-state index in [0.717, 1.165) is 37.2 Å². The standard InChI is InChI=1S/C15H22N2O2.ClH/c1-11-3-4-14(12(2)9-11)19-10-15(18)17-13-5-7-16-8-6-13;/h3-4,9,13,16H,5-8,10H2,1-2H3,(H,17,18);1H. The molecule has 1 fully saturated rings.